The highest BCUT2D eigenvalue weighted by Gasteiger charge is 2.49. The Hall–Kier alpha value is -3.22. The first kappa shape index (κ1) is 19.1. The molecule has 1 saturated heterocycles. The number of carbonyl (C=O) groups excluding carboxylic acids is 2. The lowest BCUT2D eigenvalue weighted by Gasteiger charge is -2.21. The van der Waals surface area contributed by atoms with Gasteiger partial charge in [0.05, 0.1) is 22.4 Å². The third kappa shape index (κ3) is 3.48. The SMILES string of the molecule is CN(Cc1ccccc1)c1ccc(N2C(=O)[C@@H]3CCCC[C@H]3C2=O)cc1[N+](=O)[O-]. The topological polar surface area (TPSA) is 83.8 Å². The van der Waals surface area contributed by atoms with Gasteiger partial charge in [-0.15, -0.1) is 0 Å². The zero-order valence-corrected chi connectivity index (χ0v) is 16.3. The van der Waals surface area contributed by atoms with Crippen LogP contribution in [0.1, 0.15) is 31.2 Å². The van der Waals surface area contributed by atoms with E-state index in [0.29, 0.717) is 25.1 Å². The highest BCUT2D eigenvalue weighted by Crippen LogP contribution is 2.42. The van der Waals surface area contributed by atoms with E-state index in [9.17, 15) is 19.7 Å². The minimum absolute atomic E-state index is 0.114. The Balaban J connectivity index is 1.65. The van der Waals surface area contributed by atoms with Gasteiger partial charge in [-0.25, -0.2) is 4.90 Å². The van der Waals surface area contributed by atoms with E-state index >= 15 is 0 Å². The van der Waals surface area contributed by atoms with Crippen LogP contribution in [-0.4, -0.2) is 23.8 Å². The molecule has 29 heavy (non-hydrogen) atoms. The average molecular weight is 393 g/mol. The second-order valence-electron chi connectivity index (χ2n) is 7.78. The predicted octanol–water partition coefficient (Wildman–Crippen LogP) is 3.91. The molecule has 0 unspecified atom stereocenters. The van der Waals surface area contributed by atoms with Crippen LogP contribution in [-0.2, 0) is 16.1 Å². The number of imide groups is 1. The Bertz CT molecular complexity index is 936. The normalized spacial score (nSPS) is 21.2. The minimum Gasteiger partial charge on any atom is -0.365 e. The number of hydrogen-bond donors (Lipinski definition) is 0. The van der Waals surface area contributed by atoms with Crippen LogP contribution in [0.25, 0.3) is 0 Å². The number of rotatable bonds is 5. The first-order valence-corrected chi connectivity index (χ1v) is 9.88. The monoisotopic (exact) mass is 393 g/mol. The van der Waals surface area contributed by atoms with E-state index in [0.717, 1.165) is 23.3 Å². The van der Waals surface area contributed by atoms with E-state index < -0.39 is 4.92 Å². The van der Waals surface area contributed by atoms with Crippen LogP contribution in [0.5, 0.6) is 0 Å². The molecule has 2 amide bonds. The molecule has 2 aromatic rings. The lowest BCUT2D eigenvalue weighted by molar-refractivity contribution is -0.384. The Kier molecular flexibility index (Phi) is 5.05. The van der Waals surface area contributed by atoms with Crippen LogP contribution in [0.15, 0.2) is 48.5 Å². The second kappa shape index (κ2) is 7.66. The molecule has 1 heterocycles. The lowest BCUT2D eigenvalue weighted by Crippen LogP contribution is -2.31. The number of hydrogen-bond acceptors (Lipinski definition) is 5. The third-order valence-corrected chi connectivity index (χ3v) is 5.93. The highest BCUT2D eigenvalue weighted by atomic mass is 16.6. The molecule has 2 aromatic carbocycles. The van der Waals surface area contributed by atoms with Crippen molar-refractivity contribution in [3.05, 3.63) is 64.2 Å². The Morgan fingerprint density at radius 1 is 1.03 bits per heavy atom. The fourth-order valence-corrected chi connectivity index (χ4v) is 4.48. The van der Waals surface area contributed by atoms with E-state index in [1.165, 1.54) is 6.07 Å². The molecule has 0 bridgehead atoms. The molecule has 7 nitrogen and oxygen atoms in total. The second-order valence-corrected chi connectivity index (χ2v) is 7.78. The summed E-state index contributed by atoms with van der Waals surface area (Å²) in [5.41, 5.74) is 1.65. The van der Waals surface area contributed by atoms with Gasteiger partial charge < -0.3 is 4.90 Å². The molecule has 2 aliphatic rings. The first-order valence-electron chi connectivity index (χ1n) is 9.88. The van der Waals surface area contributed by atoms with Gasteiger partial charge in [0.1, 0.15) is 5.69 Å². The summed E-state index contributed by atoms with van der Waals surface area (Å²) < 4.78 is 0. The van der Waals surface area contributed by atoms with Crippen LogP contribution in [0.4, 0.5) is 17.1 Å². The van der Waals surface area contributed by atoms with Crippen LogP contribution in [0.2, 0.25) is 0 Å². The van der Waals surface area contributed by atoms with Crippen molar-refractivity contribution in [3.63, 3.8) is 0 Å². The molecule has 1 aliphatic carbocycles. The molecule has 7 heteroatoms. The molecule has 0 N–H and O–H groups in total. The van der Waals surface area contributed by atoms with Crippen molar-refractivity contribution < 1.29 is 14.5 Å². The molecule has 150 valence electrons. The molecule has 2 atom stereocenters. The molecule has 0 aromatic heterocycles. The zero-order chi connectivity index (χ0) is 20.5. The average Bonchev–Trinajstić information content (AvgIpc) is 2.99. The molecule has 2 fully saturated rings. The fourth-order valence-electron chi connectivity index (χ4n) is 4.48. The van der Waals surface area contributed by atoms with Gasteiger partial charge in [-0.2, -0.15) is 0 Å². The summed E-state index contributed by atoms with van der Waals surface area (Å²) in [7, 11) is 1.79. The summed E-state index contributed by atoms with van der Waals surface area (Å²) in [4.78, 5) is 39.9. The van der Waals surface area contributed by atoms with Crippen molar-refractivity contribution >= 4 is 28.9 Å². The molecule has 0 radical (unpaired) electrons. The number of nitro benzene ring substituents is 1. The molecule has 1 saturated carbocycles. The number of anilines is 2. The van der Waals surface area contributed by atoms with E-state index in [1.54, 1.807) is 24.1 Å². The van der Waals surface area contributed by atoms with Crippen LogP contribution in [0.3, 0.4) is 0 Å². The highest BCUT2D eigenvalue weighted by molar-refractivity contribution is 6.22. The fraction of sp³-hybridized carbons (Fsp3) is 0.364. The van der Waals surface area contributed by atoms with E-state index in [2.05, 4.69) is 0 Å². The van der Waals surface area contributed by atoms with E-state index in [1.807, 2.05) is 30.3 Å². The summed E-state index contributed by atoms with van der Waals surface area (Å²) in [6.45, 7) is 0.507. The van der Waals surface area contributed by atoms with Gasteiger partial charge in [0.25, 0.3) is 5.69 Å². The van der Waals surface area contributed by atoms with Crippen molar-refractivity contribution in [3.8, 4) is 0 Å². The summed E-state index contributed by atoms with van der Waals surface area (Å²) in [6, 6.07) is 14.3. The van der Waals surface area contributed by atoms with Crippen molar-refractivity contribution in [2.45, 2.75) is 32.2 Å². The molecular formula is C22H23N3O4. The van der Waals surface area contributed by atoms with Crippen molar-refractivity contribution in [1.29, 1.82) is 0 Å². The molecule has 0 spiro atoms. The van der Waals surface area contributed by atoms with Gasteiger partial charge in [-0.1, -0.05) is 43.2 Å². The number of carbonyl (C=O) groups is 2. The Morgan fingerprint density at radius 2 is 1.66 bits per heavy atom. The smallest absolute Gasteiger partial charge is 0.294 e. The maximum absolute atomic E-state index is 12.8. The summed E-state index contributed by atoms with van der Waals surface area (Å²) >= 11 is 0. The number of fused-ring (bicyclic) bond motifs is 1. The Labute approximate surface area is 169 Å². The van der Waals surface area contributed by atoms with Gasteiger partial charge in [0, 0.05) is 19.7 Å². The van der Waals surface area contributed by atoms with Crippen molar-refractivity contribution in [2.75, 3.05) is 16.8 Å². The first-order chi connectivity index (χ1) is 14.0. The van der Waals surface area contributed by atoms with E-state index in [-0.39, 0.29) is 35.0 Å². The summed E-state index contributed by atoms with van der Waals surface area (Å²) in [5.74, 6) is -1.01. The third-order valence-electron chi connectivity index (χ3n) is 5.93. The number of nitro groups is 1. The van der Waals surface area contributed by atoms with Gasteiger partial charge >= 0.3 is 0 Å². The van der Waals surface area contributed by atoms with Gasteiger partial charge in [0.2, 0.25) is 11.8 Å². The van der Waals surface area contributed by atoms with Crippen LogP contribution < -0.4 is 9.80 Å². The van der Waals surface area contributed by atoms with Gasteiger partial charge in [-0.3, -0.25) is 19.7 Å². The summed E-state index contributed by atoms with van der Waals surface area (Å²) in [5, 5.41) is 11.8. The maximum atomic E-state index is 12.8. The lowest BCUT2D eigenvalue weighted by atomic mass is 9.81. The van der Waals surface area contributed by atoms with Crippen LogP contribution >= 0.6 is 0 Å². The largest absolute Gasteiger partial charge is 0.365 e. The number of amides is 2. The van der Waals surface area contributed by atoms with E-state index in [4.69, 9.17) is 0 Å². The summed E-state index contributed by atoms with van der Waals surface area (Å²) in [6.07, 6.45) is 3.31. The molecule has 1 aliphatic heterocycles. The molecule has 4 rings (SSSR count). The van der Waals surface area contributed by atoms with Crippen molar-refractivity contribution in [2.24, 2.45) is 11.8 Å². The standard InChI is InChI=1S/C22H23N3O4/c1-23(14-15-7-3-2-4-8-15)19-12-11-16(13-20(19)25(28)29)24-21(26)17-9-5-6-10-18(17)22(24)27/h2-4,7-8,11-13,17-18H,5-6,9-10,14H2,1H3/t17-,18-/m1/s1. The van der Waals surface area contributed by atoms with Crippen molar-refractivity contribution in [1.82, 2.24) is 0 Å². The van der Waals surface area contributed by atoms with Gasteiger partial charge in [0.15, 0.2) is 0 Å². The number of benzene rings is 2. The number of nitrogens with zero attached hydrogens (tertiary/aromatic N) is 3. The zero-order valence-electron chi connectivity index (χ0n) is 16.3. The van der Waals surface area contributed by atoms with Crippen LogP contribution in [0, 0.1) is 22.0 Å². The molecular weight excluding hydrogens is 370 g/mol. The van der Waals surface area contributed by atoms with Gasteiger partial charge in [-0.05, 0) is 30.5 Å². The Morgan fingerprint density at radius 3 is 2.24 bits per heavy atom. The quantitative estimate of drug-likeness (QED) is 0.437. The predicted molar refractivity (Wildman–Crippen MR) is 110 cm³/mol. The maximum Gasteiger partial charge on any atom is 0.294 e. The minimum atomic E-state index is -0.460.